The van der Waals surface area contributed by atoms with E-state index in [9.17, 15) is 13.2 Å². The minimum Gasteiger partial charge on any atom is -0.324 e. The molecular formula is C23H34N3O3S+. The monoisotopic (exact) mass is 432 g/mol. The van der Waals surface area contributed by atoms with E-state index in [2.05, 4.69) is 30.0 Å². The molecule has 0 aromatic heterocycles. The molecule has 1 atom stereocenters. The molecule has 3 aliphatic rings. The summed E-state index contributed by atoms with van der Waals surface area (Å²) in [7, 11) is -3.82. The Morgan fingerprint density at radius 3 is 2.30 bits per heavy atom. The largest absolute Gasteiger partial charge is 0.333 e. The fourth-order valence-electron chi connectivity index (χ4n) is 5.56. The fourth-order valence-corrected chi connectivity index (χ4v) is 6.37. The van der Waals surface area contributed by atoms with Crippen LogP contribution in [0.4, 0.5) is 10.5 Å². The number of anilines is 1. The van der Waals surface area contributed by atoms with Crippen LogP contribution in [0.15, 0.2) is 17.6 Å². The van der Waals surface area contributed by atoms with Gasteiger partial charge in [0.25, 0.3) is 10.0 Å². The van der Waals surface area contributed by atoms with Crippen LogP contribution in [-0.2, 0) is 35.7 Å². The Bertz CT molecular complexity index is 932. The first kappa shape index (κ1) is 21.4. The lowest BCUT2D eigenvalue weighted by Gasteiger charge is -2.31. The number of carbonyl (C=O) groups is 1. The number of benzene rings is 1. The first-order valence-electron chi connectivity index (χ1n) is 11.4. The minimum absolute atomic E-state index is 0.241. The zero-order valence-corrected chi connectivity index (χ0v) is 19.0. The Hall–Kier alpha value is -1.86. The highest BCUT2D eigenvalue weighted by atomic mass is 32.2. The topological polar surface area (TPSA) is 75.3 Å². The van der Waals surface area contributed by atoms with Crippen LogP contribution in [0.2, 0.25) is 0 Å². The van der Waals surface area contributed by atoms with E-state index < -0.39 is 16.1 Å². The van der Waals surface area contributed by atoms with Crippen molar-refractivity contribution in [3.63, 3.8) is 0 Å². The quantitative estimate of drug-likeness (QED) is 0.676. The molecule has 1 saturated heterocycles. The number of sulfonamides is 1. The molecule has 0 radical (unpaired) electrons. The van der Waals surface area contributed by atoms with Gasteiger partial charge in [0.15, 0.2) is 0 Å². The summed E-state index contributed by atoms with van der Waals surface area (Å²) in [5, 5.41) is 4.07. The summed E-state index contributed by atoms with van der Waals surface area (Å²) in [5.41, 5.74) is 5.86. The molecule has 2 N–H and O–H groups in total. The third-order valence-corrected chi connectivity index (χ3v) is 8.40. The Morgan fingerprint density at radius 2 is 1.73 bits per heavy atom. The van der Waals surface area contributed by atoms with Gasteiger partial charge in [-0.1, -0.05) is 12.1 Å². The van der Waals surface area contributed by atoms with Gasteiger partial charge >= 0.3 is 6.03 Å². The van der Waals surface area contributed by atoms with Crippen molar-refractivity contribution in [2.45, 2.75) is 58.8 Å². The van der Waals surface area contributed by atoms with Crippen LogP contribution in [0, 0.1) is 5.92 Å². The number of hydrogen-bond donors (Lipinski definition) is 2. The molecule has 30 heavy (non-hydrogen) atoms. The summed E-state index contributed by atoms with van der Waals surface area (Å²) >= 11 is 0. The Kier molecular flexibility index (Phi) is 5.95. The lowest BCUT2D eigenvalue weighted by atomic mass is 9.99. The number of aryl methyl sites for hydroxylation is 2. The summed E-state index contributed by atoms with van der Waals surface area (Å²) in [6.45, 7) is 8.57. The predicted molar refractivity (Wildman–Crippen MR) is 120 cm³/mol. The fraction of sp³-hybridized carbons (Fsp3) is 0.609. The van der Waals surface area contributed by atoms with Crippen LogP contribution >= 0.6 is 0 Å². The van der Waals surface area contributed by atoms with Gasteiger partial charge in [-0.05, 0) is 74.6 Å². The maximum atomic E-state index is 12.6. The van der Waals surface area contributed by atoms with Gasteiger partial charge in [0, 0.05) is 23.4 Å². The van der Waals surface area contributed by atoms with Crippen molar-refractivity contribution >= 4 is 21.7 Å². The van der Waals surface area contributed by atoms with Gasteiger partial charge in [-0.3, -0.25) is 0 Å². The smallest absolute Gasteiger partial charge is 0.324 e. The van der Waals surface area contributed by atoms with Crippen molar-refractivity contribution in [3.05, 3.63) is 39.8 Å². The SMILES string of the molecule is CC[N+]1(CC)CC[C@H](/C=C/S(=O)(=O)NC(=O)Nc2c3c(cc4c2CCC4)CCC3)C1. The Balaban J connectivity index is 1.42. The number of fused-ring (bicyclic) bond motifs is 2. The van der Waals surface area contributed by atoms with E-state index in [0.717, 1.165) is 81.3 Å². The molecule has 6 nitrogen and oxygen atoms in total. The van der Waals surface area contributed by atoms with E-state index in [-0.39, 0.29) is 5.92 Å². The molecule has 7 heteroatoms. The molecule has 0 unspecified atom stereocenters. The number of nitrogens with one attached hydrogen (secondary N) is 2. The van der Waals surface area contributed by atoms with Gasteiger partial charge in [0.1, 0.15) is 0 Å². The average molecular weight is 433 g/mol. The van der Waals surface area contributed by atoms with Crippen molar-refractivity contribution < 1.29 is 17.7 Å². The number of carbonyl (C=O) groups excluding carboxylic acids is 1. The molecular weight excluding hydrogens is 398 g/mol. The average Bonchev–Trinajstić information content (AvgIpc) is 3.45. The van der Waals surface area contributed by atoms with Crippen molar-refractivity contribution in [2.24, 2.45) is 5.92 Å². The van der Waals surface area contributed by atoms with Gasteiger partial charge < -0.3 is 9.80 Å². The molecule has 164 valence electrons. The molecule has 2 aliphatic carbocycles. The highest BCUT2D eigenvalue weighted by molar-refractivity contribution is 7.92. The first-order valence-corrected chi connectivity index (χ1v) is 12.9. The van der Waals surface area contributed by atoms with Crippen LogP contribution in [-0.4, -0.2) is 45.1 Å². The highest BCUT2D eigenvalue weighted by Gasteiger charge is 2.34. The van der Waals surface area contributed by atoms with E-state index in [0.29, 0.717) is 0 Å². The zero-order chi connectivity index (χ0) is 21.4. The van der Waals surface area contributed by atoms with Crippen molar-refractivity contribution in [2.75, 3.05) is 31.5 Å². The van der Waals surface area contributed by atoms with Gasteiger partial charge in [0.2, 0.25) is 0 Å². The molecule has 0 bridgehead atoms. The number of rotatable bonds is 6. The second-order valence-electron chi connectivity index (χ2n) is 9.09. The lowest BCUT2D eigenvalue weighted by molar-refractivity contribution is -0.914. The molecule has 0 saturated carbocycles. The molecule has 1 aromatic rings. The maximum Gasteiger partial charge on any atom is 0.333 e. The summed E-state index contributed by atoms with van der Waals surface area (Å²) in [4.78, 5) is 12.6. The van der Waals surface area contributed by atoms with Gasteiger partial charge in [-0.25, -0.2) is 17.9 Å². The predicted octanol–water partition coefficient (Wildman–Crippen LogP) is 3.51. The van der Waals surface area contributed by atoms with Crippen molar-refractivity contribution in [1.82, 2.24) is 4.72 Å². The van der Waals surface area contributed by atoms with E-state index in [1.807, 2.05) is 0 Å². The number of likely N-dealkylation sites (tertiary alicyclic amines) is 1. The summed E-state index contributed by atoms with van der Waals surface area (Å²) < 4.78 is 28.2. The number of hydrogen-bond acceptors (Lipinski definition) is 3. The van der Waals surface area contributed by atoms with Crippen LogP contribution in [0.5, 0.6) is 0 Å². The number of quaternary nitrogens is 1. The number of amides is 2. The van der Waals surface area contributed by atoms with E-state index in [1.165, 1.54) is 27.7 Å². The Morgan fingerprint density at radius 1 is 1.10 bits per heavy atom. The van der Waals surface area contributed by atoms with Gasteiger partial charge in [-0.15, -0.1) is 0 Å². The van der Waals surface area contributed by atoms with Crippen LogP contribution in [0.25, 0.3) is 0 Å². The molecule has 0 spiro atoms. The van der Waals surface area contributed by atoms with E-state index >= 15 is 0 Å². The molecule has 4 rings (SSSR count). The third kappa shape index (κ3) is 4.28. The highest BCUT2D eigenvalue weighted by Crippen LogP contribution is 2.38. The van der Waals surface area contributed by atoms with Crippen molar-refractivity contribution in [3.8, 4) is 0 Å². The molecule has 1 aliphatic heterocycles. The number of nitrogens with zero attached hydrogens (tertiary/aromatic N) is 1. The molecule has 1 heterocycles. The maximum absolute atomic E-state index is 12.6. The van der Waals surface area contributed by atoms with Gasteiger partial charge in [-0.2, -0.15) is 0 Å². The third-order valence-electron chi connectivity index (χ3n) is 7.41. The summed E-state index contributed by atoms with van der Waals surface area (Å²) in [5.74, 6) is 0.241. The van der Waals surface area contributed by atoms with Gasteiger partial charge in [0.05, 0.1) is 26.2 Å². The molecule has 1 fully saturated rings. The van der Waals surface area contributed by atoms with E-state index in [4.69, 9.17) is 0 Å². The van der Waals surface area contributed by atoms with Crippen molar-refractivity contribution in [1.29, 1.82) is 0 Å². The number of urea groups is 1. The first-order chi connectivity index (χ1) is 14.3. The molecule has 1 aromatic carbocycles. The minimum atomic E-state index is -3.82. The standard InChI is InChI=1S/C23H33N3O3S/c1-3-26(4-2)13-11-17(16-26)12-14-30(28,29)25-23(27)24-22-20-9-5-7-18(20)15-19-8-6-10-21(19)22/h12,14-15,17H,3-11,13,16H2,1-2H3,(H-,24,25,27)/p+1/b14-12+/t17-/m1/s1. The van der Waals surface area contributed by atoms with Crippen LogP contribution in [0.3, 0.4) is 0 Å². The second kappa shape index (κ2) is 8.35. The Labute approximate surface area is 180 Å². The van der Waals surface area contributed by atoms with E-state index in [1.54, 1.807) is 6.08 Å². The van der Waals surface area contributed by atoms with Crippen LogP contribution < -0.4 is 10.0 Å². The van der Waals surface area contributed by atoms with Crippen LogP contribution in [0.1, 0.15) is 55.4 Å². The zero-order valence-electron chi connectivity index (χ0n) is 18.2. The summed E-state index contributed by atoms with van der Waals surface area (Å²) in [6, 6.07) is 1.63. The molecule has 2 amide bonds. The second-order valence-corrected chi connectivity index (χ2v) is 10.7. The lowest BCUT2D eigenvalue weighted by Crippen LogP contribution is -2.45. The summed E-state index contributed by atoms with van der Waals surface area (Å²) in [6.07, 6.45) is 8.90. The normalized spacial score (nSPS) is 22.3.